The van der Waals surface area contributed by atoms with Crippen LogP contribution in [-0.4, -0.2) is 52.7 Å². The van der Waals surface area contributed by atoms with Crippen molar-refractivity contribution < 1.29 is 38.5 Å². The summed E-state index contributed by atoms with van der Waals surface area (Å²) in [5, 5.41) is 11.0. The van der Waals surface area contributed by atoms with E-state index in [9.17, 15) is 24.3 Å². The number of fused-ring (bicyclic) bond motifs is 1. The molecule has 1 heterocycles. The smallest absolute Gasteiger partial charge is 0.334 e. The standard InChI is InChI=1S/C21H26O8/c1-10(2)19(24)29-17-16-12(4)20(25)28-14(16)9-11(3)7-8-15(23)21(6,26)18(17)27-13(5)22/h7-8,11,14,16-18,26H,1,4,9H2,2-3,5-6H3/b8-7-/t11-,14-,16+,17+,18-,21+/m1/s1. The number of aliphatic hydroxyl groups is 1. The minimum Gasteiger partial charge on any atom is -0.458 e. The van der Waals surface area contributed by atoms with E-state index in [0.717, 1.165) is 13.8 Å². The molecule has 1 fully saturated rings. The maximum absolute atomic E-state index is 12.7. The van der Waals surface area contributed by atoms with E-state index in [2.05, 4.69) is 13.2 Å². The molecule has 1 saturated heterocycles. The lowest BCUT2D eigenvalue weighted by Crippen LogP contribution is -2.58. The predicted octanol–water partition coefficient (Wildman–Crippen LogP) is 1.42. The van der Waals surface area contributed by atoms with Crippen LogP contribution < -0.4 is 0 Å². The predicted molar refractivity (Wildman–Crippen MR) is 101 cm³/mol. The fraction of sp³-hybridized carbons (Fsp3) is 0.524. The summed E-state index contributed by atoms with van der Waals surface area (Å²) in [6.07, 6.45) is -0.676. The minimum absolute atomic E-state index is 0.00618. The van der Waals surface area contributed by atoms with Crippen molar-refractivity contribution in [3.8, 4) is 0 Å². The second kappa shape index (κ2) is 8.32. The first-order valence-electron chi connectivity index (χ1n) is 9.24. The van der Waals surface area contributed by atoms with Crippen LogP contribution in [0, 0.1) is 11.8 Å². The quantitative estimate of drug-likeness (QED) is 0.425. The van der Waals surface area contributed by atoms with Crippen LogP contribution in [0.2, 0.25) is 0 Å². The first-order chi connectivity index (χ1) is 13.4. The third-order valence-corrected chi connectivity index (χ3v) is 5.09. The van der Waals surface area contributed by atoms with Crippen LogP contribution in [0.5, 0.6) is 0 Å². The summed E-state index contributed by atoms with van der Waals surface area (Å²) in [4.78, 5) is 49.0. The third kappa shape index (κ3) is 4.64. The number of rotatable bonds is 3. The normalized spacial score (nSPS) is 35.9. The topological polar surface area (TPSA) is 116 Å². The van der Waals surface area contributed by atoms with Crippen LogP contribution in [-0.2, 0) is 33.4 Å². The Bertz CT molecular complexity index is 791. The first kappa shape index (κ1) is 22.5. The first-order valence-corrected chi connectivity index (χ1v) is 9.24. The Balaban J connectivity index is 2.67. The highest BCUT2D eigenvalue weighted by Gasteiger charge is 2.55. The van der Waals surface area contributed by atoms with Crippen molar-refractivity contribution in [2.24, 2.45) is 11.8 Å². The van der Waals surface area contributed by atoms with Gasteiger partial charge in [0.05, 0.1) is 5.92 Å². The van der Waals surface area contributed by atoms with Crippen molar-refractivity contribution >= 4 is 23.7 Å². The van der Waals surface area contributed by atoms with E-state index in [-0.39, 0.29) is 17.1 Å². The van der Waals surface area contributed by atoms with Gasteiger partial charge >= 0.3 is 17.9 Å². The summed E-state index contributed by atoms with van der Waals surface area (Å²) in [5.74, 6) is -4.17. The minimum atomic E-state index is -2.24. The van der Waals surface area contributed by atoms with Crippen molar-refractivity contribution in [3.05, 3.63) is 36.5 Å². The second-order valence-electron chi connectivity index (χ2n) is 7.76. The Morgan fingerprint density at radius 2 is 1.90 bits per heavy atom. The molecule has 0 unspecified atom stereocenters. The molecule has 0 aromatic heterocycles. The van der Waals surface area contributed by atoms with Crippen molar-refractivity contribution in [2.45, 2.75) is 58.0 Å². The Labute approximate surface area is 169 Å². The molecule has 6 atom stereocenters. The molecule has 158 valence electrons. The van der Waals surface area contributed by atoms with Gasteiger partial charge in [0.2, 0.25) is 0 Å². The van der Waals surface area contributed by atoms with Gasteiger partial charge < -0.3 is 19.3 Å². The molecule has 8 nitrogen and oxygen atoms in total. The zero-order valence-corrected chi connectivity index (χ0v) is 17.0. The Hall–Kier alpha value is -2.74. The number of allylic oxidation sites excluding steroid dienone is 1. The van der Waals surface area contributed by atoms with Crippen LogP contribution in [0.3, 0.4) is 0 Å². The van der Waals surface area contributed by atoms with Crippen LogP contribution in [0.25, 0.3) is 0 Å². The summed E-state index contributed by atoms with van der Waals surface area (Å²) in [5.41, 5.74) is -2.18. The second-order valence-corrected chi connectivity index (χ2v) is 7.76. The van der Waals surface area contributed by atoms with E-state index in [1.165, 1.54) is 13.0 Å². The Morgan fingerprint density at radius 3 is 2.45 bits per heavy atom. The lowest BCUT2D eigenvalue weighted by molar-refractivity contribution is -0.194. The van der Waals surface area contributed by atoms with Gasteiger partial charge in [-0.3, -0.25) is 9.59 Å². The molecular formula is C21H26O8. The SMILES string of the molecule is C=C(C)C(=O)O[C@H]1[C@H]2C(=C)C(=O)O[C@@H]2C[C@H](C)/C=C\C(=O)[C@](C)(O)[C@@H]1OC(C)=O. The average Bonchev–Trinajstić information content (AvgIpc) is 2.88. The van der Waals surface area contributed by atoms with E-state index < -0.39 is 53.5 Å². The van der Waals surface area contributed by atoms with Crippen LogP contribution in [0.4, 0.5) is 0 Å². The Kier molecular flexibility index (Phi) is 6.47. The van der Waals surface area contributed by atoms with Crippen molar-refractivity contribution in [1.82, 2.24) is 0 Å². The van der Waals surface area contributed by atoms with Gasteiger partial charge in [-0.05, 0) is 32.3 Å². The summed E-state index contributed by atoms with van der Waals surface area (Å²) in [6, 6.07) is 0. The van der Waals surface area contributed by atoms with Gasteiger partial charge in [0.1, 0.15) is 6.10 Å². The van der Waals surface area contributed by atoms with Gasteiger partial charge in [0.15, 0.2) is 23.6 Å². The number of carbonyl (C=O) groups excluding carboxylic acids is 4. The molecule has 2 rings (SSSR count). The van der Waals surface area contributed by atoms with Crippen LogP contribution in [0.1, 0.15) is 34.1 Å². The van der Waals surface area contributed by atoms with Gasteiger partial charge in [-0.1, -0.05) is 26.2 Å². The molecular weight excluding hydrogens is 380 g/mol. The highest BCUT2D eigenvalue weighted by molar-refractivity contribution is 5.98. The maximum atomic E-state index is 12.7. The third-order valence-electron chi connectivity index (χ3n) is 5.09. The molecule has 0 saturated carbocycles. The lowest BCUT2D eigenvalue weighted by atomic mass is 9.77. The molecule has 0 amide bonds. The number of ether oxygens (including phenoxy) is 3. The summed E-state index contributed by atoms with van der Waals surface area (Å²) < 4.78 is 16.2. The fourth-order valence-corrected chi connectivity index (χ4v) is 3.49. The number of hydrogen-bond acceptors (Lipinski definition) is 8. The zero-order valence-electron chi connectivity index (χ0n) is 17.0. The van der Waals surface area contributed by atoms with Crippen molar-refractivity contribution in [1.29, 1.82) is 0 Å². The highest BCUT2D eigenvalue weighted by Crippen LogP contribution is 2.40. The maximum Gasteiger partial charge on any atom is 0.334 e. The molecule has 1 aliphatic carbocycles. The average molecular weight is 406 g/mol. The van der Waals surface area contributed by atoms with Gasteiger partial charge in [-0.25, -0.2) is 9.59 Å². The van der Waals surface area contributed by atoms with Crippen LogP contribution >= 0.6 is 0 Å². The van der Waals surface area contributed by atoms with Gasteiger partial charge in [0.25, 0.3) is 0 Å². The van der Waals surface area contributed by atoms with E-state index >= 15 is 0 Å². The summed E-state index contributed by atoms with van der Waals surface area (Å²) >= 11 is 0. The summed E-state index contributed by atoms with van der Waals surface area (Å²) in [6.45, 7) is 12.7. The molecule has 0 aromatic carbocycles. The van der Waals surface area contributed by atoms with E-state index in [0.29, 0.717) is 6.42 Å². The molecule has 0 aromatic rings. The fourth-order valence-electron chi connectivity index (χ4n) is 3.49. The zero-order chi connectivity index (χ0) is 22.1. The van der Waals surface area contributed by atoms with Crippen molar-refractivity contribution in [3.63, 3.8) is 0 Å². The number of ketones is 1. The monoisotopic (exact) mass is 406 g/mol. The molecule has 8 heteroatoms. The van der Waals surface area contributed by atoms with Gasteiger partial charge in [-0.15, -0.1) is 0 Å². The molecule has 2 aliphatic rings. The highest BCUT2D eigenvalue weighted by atomic mass is 16.6. The molecule has 1 N–H and O–H groups in total. The Morgan fingerprint density at radius 1 is 1.28 bits per heavy atom. The number of carbonyl (C=O) groups is 4. The molecule has 29 heavy (non-hydrogen) atoms. The van der Waals surface area contributed by atoms with Gasteiger partial charge in [-0.2, -0.15) is 0 Å². The molecule has 0 radical (unpaired) electrons. The van der Waals surface area contributed by atoms with Crippen molar-refractivity contribution in [2.75, 3.05) is 0 Å². The summed E-state index contributed by atoms with van der Waals surface area (Å²) in [7, 11) is 0. The van der Waals surface area contributed by atoms with Gasteiger partial charge in [0, 0.05) is 18.1 Å². The van der Waals surface area contributed by atoms with E-state index in [1.54, 1.807) is 6.08 Å². The van der Waals surface area contributed by atoms with Crippen LogP contribution in [0.15, 0.2) is 36.5 Å². The molecule has 0 bridgehead atoms. The number of esters is 3. The number of hydrogen-bond donors (Lipinski definition) is 1. The van der Waals surface area contributed by atoms with E-state index in [4.69, 9.17) is 14.2 Å². The largest absolute Gasteiger partial charge is 0.458 e. The lowest BCUT2D eigenvalue weighted by Gasteiger charge is -2.39. The molecule has 0 spiro atoms. The van der Waals surface area contributed by atoms with E-state index in [1.807, 2.05) is 6.92 Å². The molecule has 1 aliphatic heterocycles.